The monoisotopic (exact) mass is 500 g/mol. The number of rotatable bonds is 5. The molecule has 5 heterocycles. The Hall–Kier alpha value is -4.19. The predicted octanol–water partition coefficient (Wildman–Crippen LogP) is 3.12. The number of nitrogens with zero attached hydrogens (tertiary/aromatic N) is 9. The number of anilines is 3. The molecule has 2 N–H and O–H groups in total. The van der Waals surface area contributed by atoms with E-state index in [1.54, 1.807) is 10.9 Å². The Morgan fingerprint density at radius 3 is 2.73 bits per heavy atom. The molecule has 37 heavy (non-hydrogen) atoms. The van der Waals surface area contributed by atoms with Crippen LogP contribution >= 0.6 is 0 Å². The van der Waals surface area contributed by atoms with Crippen LogP contribution in [0.25, 0.3) is 22.2 Å². The van der Waals surface area contributed by atoms with Gasteiger partial charge in [0, 0.05) is 30.3 Å². The van der Waals surface area contributed by atoms with Gasteiger partial charge < -0.3 is 15.3 Å². The minimum Gasteiger partial charge on any atom is -0.391 e. The highest BCUT2D eigenvalue weighted by Gasteiger charge is 2.29. The van der Waals surface area contributed by atoms with E-state index in [0.29, 0.717) is 65.7 Å². The molecule has 12 nitrogen and oxygen atoms in total. The number of benzene rings is 1. The minimum atomic E-state index is -0.379. The summed E-state index contributed by atoms with van der Waals surface area (Å²) in [6.45, 7) is 9.81. The Morgan fingerprint density at radius 2 is 1.95 bits per heavy atom. The fraction of sp³-hybridized carbons (Fsp3) is 0.400. The van der Waals surface area contributed by atoms with Gasteiger partial charge in [0.1, 0.15) is 17.2 Å². The Kier molecular flexibility index (Phi) is 5.48. The molecule has 1 saturated heterocycles. The standard InChI is InChI=1S/C25H28N10O2/c1-14-7-8-17(19-18(14)31-37-32-19)27-21-15(6-5-10-26-21)12-35-23-20(30-33-35)22(34-11-9-16(36)13-34)28-24(29-23)25(2,3)4/h5-8,10,16,36H,9,11-13H2,1-4H3,(H,26,27)/t16-/m0/s1. The molecule has 0 spiro atoms. The van der Waals surface area contributed by atoms with Gasteiger partial charge in [-0.1, -0.05) is 38.1 Å². The summed E-state index contributed by atoms with van der Waals surface area (Å²) in [4.78, 5) is 16.4. The first-order valence-electron chi connectivity index (χ1n) is 12.3. The number of aliphatic hydroxyl groups excluding tert-OH is 1. The van der Waals surface area contributed by atoms with Crippen LogP contribution in [0.4, 0.5) is 17.3 Å². The average Bonchev–Trinajstić information content (AvgIpc) is 3.61. The van der Waals surface area contributed by atoms with Crippen LogP contribution in [0, 0.1) is 6.92 Å². The second-order valence-corrected chi connectivity index (χ2v) is 10.5. The predicted molar refractivity (Wildman–Crippen MR) is 138 cm³/mol. The minimum absolute atomic E-state index is 0.278. The van der Waals surface area contributed by atoms with Gasteiger partial charge in [0.15, 0.2) is 22.5 Å². The summed E-state index contributed by atoms with van der Waals surface area (Å²) in [5.74, 6) is 2.07. The molecule has 1 aromatic carbocycles. The van der Waals surface area contributed by atoms with E-state index < -0.39 is 0 Å². The first-order chi connectivity index (χ1) is 17.8. The van der Waals surface area contributed by atoms with Crippen LogP contribution in [0.5, 0.6) is 0 Å². The van der Waals surface area contributed by atoms with Gasteiger partial charge in [-0.2, -0.15) is 0 Å². The maximum atomic E-state index is 10.1. The Labute approximate surface area is 212 Å². The SMILES string of the molecule is Cc1ccc(Nc2ncccc2Cn2nnc3c(N4CC[C@H](O)C4)nc(C(C)(C)C)nc32)c2nonc12. The molecule has 0 unspecified atom stereocenters. The number of hydrogen-bond acceptors (Lipinski definition) is 11. The molecule has 1 aliphatic rings. The van der Waals surface area contributed by atoms with Crippen LogP contribution < -0.4 is 10.2 Å². The number of aryl methyl sites for hydroxylation is 1. The van der Waals surface area contributed by atoms with E-state index in [0.717, 1.165) is 16.8 Å². The van der Waals surface area contributed by atoms with Gasteiger partial charge in [-0.25, -0.2) is 24.3 Å². The number of aromatic nitrogens is 8. The van der Waals surface area contributed by atoms with Crippen LogP contribution in [0.1, 0.15) is 44.1 Å². The summed E-state index contributed by atoms with van der Waals surface area (Å²) in [5.41, 5.74) is 4.95. The van der Waals surface area contributed by atoms with Crippen molar-refractivity contribution in [2.24, 2.45) is 0 Å². The third kappa shape index (κ3) is 4.22. The van der Waals surface area contributed by atoms with Crippen molar-refractivity contribution in [2.45, 2.75) is 52.2 Å². The van der Waals surface area contributed by atoms with Gasteiger partial charge in [-0.05, 0) is 41.4 Å². The molecule has 12 heteroatoms. The van der Waals surface area contributed by atoms with Crippen LogP contribution in [-0.4, -0.2) is 64.6 Å². The van der Waals surface area contributed by atoms with Crippen molar-refractivity contribution in [1.29, 1.82) is 0 Å². The second-order valence-electron chi connectivity index (χ2n) is 10.5. The Balaban J connectivity index is 1.40. The molecule has 0 saturated carbocycles. The van der Waals surface area contributed by atoms with Crippen molar-refractivity contribution < 1.29 is 9.74 Å². The number of aliphatic hydroxyl groups is 1. The van der Waals surface area contributed by atoms with Crippen LogP contribution in [0.3, 0.4) is 0 Å². The first kappa shape index (κ1) is 23.2. The summed E-state index contributed by atoms with van der Waals surface area (Å²) in [6, 6.07) is 7.77. The lowest BCUT2D eigenvalue weighted by atomic mass is 9.96. The first-order valence-corrected chi connectivity index (χ1v) is 12.3. The molecule has 0 bridgehead atoms. The summed E-state index contributed by atoms with van der Waals surface area (Å²) in [5, 5.41) is 30.5. The zero-order valence-corrected chi connectivity index (χ0v) is 21.2. The maximum Gasteiger partial charge on any atom is 0.184 e. The second kappa shape index (κ2) is 8.73. The molecule has 0 aliphatic carbocycles. The van der Waals surface area contributed by atoms with Crippen molar-refractivity contribution >= 4 is 39.5 Å². The van der Waals surface area contributed by atoms with E-state index in [1.165, 1.54) is 0 Å². The highest BCUT2D eigenvalue weighted by atomic mass is 16.6. The van der Waals surface area contributed by atoms with Crippen molar-refractivity contribution in [3.8, 4) is 0 Å². The van der Waals surface area contributed by atoms with E-state index in [2.05, 4.69) is 56.6 Å². The van der Waals surface area contributed by atoms with Gasteiger partial charge in [-0.15, -0.1) is 5.10 Å². The number of hydrogen-bond donors (Lipinski definition) is 2. The van der Waals surface area contributed by atoms with Crippen molar-refractivity contribution in [3.05, 3.63) is 47.4 Å². The van der Waals surface area contributed by atoms with Crippen LogP contribution in [0.15, 0.2) is 35.1 Å². The van der Waals surface area contributed by atoms with Gasteiger partial charge >= 0.3 is 0 Å². The topological polar surface area (TPSA) is 144 Å². The summed E-state index contributed by atoms with van der Waals surface area (Å²) < 4.78 is 6.74. The van der Waals surface area contributed by atoms with E-state index in [-0.39, 0.29) is 11.5 Å². The smallest absolute Gasteiger partial charge is 0.184 e. The molecule has 0 radical (unpaired) electrons. The summed E-state index contributed by atoms with van der Waals surface area (Å²) in [7, 11) is 0. The third-order valence-electron chi connectivity index (χ3n) is 6.56. The van der Waals surface area contributed by atoms with E-state index in [9.17, 15) is 5.11 Å². The molecule has 1 aliphatic heterocycles. The van der Waals surface area contributed by atoms with Crippen molar-refractivity contribution in [3.63, 3.8) is 0 Å². The number of fused-ring (bicyclic) bond motifs is 2. The van der Waals surface area contributed by atoms with E-state index in [4.69, 9.17) is 14.6 Å². The highest BCUT2D eigenvalue weighted by Crippen LogP contribution is 2.31. The van der Waals surface area contributed by atoms with Gasteiger partial charge in [0.25, 0.3) is 0 Å². The van der Waals surface area contributed by atoms with Crippen molar-refractivity contribution in [1.82, 2.24) is 40.3 Å². The Morgan fingerprint density at radius 1 is 1.11 bits per heavy atom. The number of β-amino-alcohol motifs (C(OH)–C–C–N with tert-alkyl or cyclic N) is 1. The van der Waals surface area contributed by atoms with Gasteiger partial charge in [0.2, 0.25) is 0 Å². The molecule has 190 valence electrons. The average molecular weight is 501 g/mol. The normalized spacial score (nSPS) is 16.2. The molecule has 6 rings (SSSR count). The fourth-order valence-electron chi connectivity index (χ4n) is 4.50. The fourth-order valence-corrected chi connectivity index (χ4v) is 4.50. The molecular formula is C25H28N10O2. The number of nitrogens with one attached hydrogen (secondary N) is 1. The number of pyridine rings is 1. The highest BCUT2D eigenvalue weighted by molar-refractivity contribution is 5.91. The molecule has 4 aromatic heterocycles. The Bertz CT molecular complexity index is 1600. The van der Waals surface area contributed by atoms with E-state index in [1.807, 2.05) is 31.2 Å². The molecule has 1 atom stereocenters. The zero-order chi connectivity index (χ0) is 25.7. The zero-order valence-electron chi connectivity index (χ0n) is 21.2. The van der Waals surface area contributed by atoms with Crippen LogP contribution in [-0.2, 0) is 12.0 Å². The summed E-state index contributed by atoms with van der Waals surface area (Å²) >= 11 is 0. The maximum absolute atomic E-state index is 10.1. The summed E-state index contributed by atoms with van der Waals surface area (Å²) in [6.07, 6.45) is 2.05. The lowest BCUT2D eigenvalue weighted by Gasteiger charge is -2.22. The molecule has 5 aromatic rings. The lowest BCUT2D eigenvalue weighted by molar-refractivity contribution is 0.198. The van der Waals surface area contributed by atoms with Crippen LogP contribution in [0.2, 0.25) is 0 Å². The quantitative estimate of drug-likeness (QED) is 0.367. The third-order valence-corrected chi connectivity index (χ3v) is 6.56. The molecular weight excluding hydrogens is 472 g/mol. The lowest BCUT2D eigenvalue weighted by Crippen LogP contribution is -2.25. The largest absolute Gasteiger partial charge is 0.391 e. The molecule has 0 amide bonds. The molecule has 1 fully saturated rings. The van der Waals surface area contributed by atoms with E-state index >= 15 is 0 Å². The van der Waals surface area contributed by atoms with Gasteiger partial charge in [-0.3, -0.25) is 0 Å². The van der Waals surface area contributed by atoms with Crippen molar-refractivity contribution in [2.75, 3.05) is 23.3 Å². The van der Waals surface area contributed by atoms with Gasteiger partial charge in [0.05, 0.1) is 18.3 Å².